The monoisotopic (exact) mass is 179 g/mol. The molecule has 2 heterocycles. The van der Waals surface area contributed by atoms with Gasteiger partial charge in [0.25, 0.3) is 5.91 Å². The molecule has 6 nitrogen and oxygen atoms in total. The lowest BCUT2D eigenvalue weighted by molar-refractivity contribution is 0.0999. The number of primary amides is 1. The molecule has 0 radical (unpaired) electrons. The highest BCUT2D eigenvalue weighted by Gasteiger charge is 2.01. The van der Waals surface area contributed by atoms with Crippen LogP contribution in [0.4, 0.5) is 0 Å². The van der Waals surface area contributed by atoms with Crippen molar-refractivity contribution in [2.75, 3.05) is 0 Å². The standard InChI is InChI=1S/C7H6N4O.H3N/c8-7(12)5-3-9-6-1-2-10-11(6)4-5;/h1-4H,(H2,8,12);1H3. The number of hydrogen-bond donors (Lipinski definition) is 2. The van der Waals surface area contributed by atoms with Gasteiger partial charge >= 0.3 is 0 Å². The van der Waals surface area contributed by atoms with Crippen molar-refractivity contribution in [2.24, 2.45) is 5.73 Å². The summed E-state index contributed by atoms with van der Waals surface area (Å²) in [7, 11) is 0. The Bertz CT molecular complexity index is 435. The molecule has 2 rings (SSSR count). The first-order valence-electron chi connectivity index (χ1n) is 3.36. The zero-order valence-electron chi connectivity index (χ0n) is 6.84. The van der Waals surface area contributed by atoms with Gasteiger partial charge in [-0.1, -0.05) is 0 Å². The van der Waals surface area contributed by atoms with Crippen molar-refractivity contribution in [2.45, 2.75) is 0 Å². The maximum Gasteiger partial charge on any atom is 0.251 e. The Morgan fingerprint density at radius 1 is 1.54 bits per heavy atom. The van der Waals surface area contributed by atoms with Gasteiger partial charge in [-0.2, -0.15) is 5.10 Å². The number of carbonyl (C=O) groups excluding carboxylic acids is 1. The van der Waals surface area contributed by atoms with Gasteiger partial charge in [0.05, 0.1) is 11.8 Å². The molecule has 0 bridgehead atoms. The fraction of sp³-hybridized carbons (Fsp3) is 0. The van der Waals surface area contributed by atoms with Crippen LogP contribution < -0.4 is 11.9 Å². The van der Waals surface area contributed by atoms with Gasteiger partial charge in [-0.25, -0.2) is 9.50 Å². The van der Waals surface area contributed by atoms with Crippen LogP contribution in [0.15, 0.2) is 24.7 Å². The Hall–Kier alpha value is -1.95. The van der Waals surface area contributed by atoms with Crippen LogP contribution in [0.25, 0.3) is 5.65 Å². The van der Waals surface area contributed by atoms with Crippen LogP contribution in [0.5, 0.6) is 0 Å². The minimum Gasteiger partial charge on any atom is -0.366 e. The van der Waals surface area contributed by atoms with Crippen LogP contribution in [0.3, 0.4) is 0 Å². The van der Waals surface area contributed by atoms with Crippen LogP contribution >= 0.6 is 0 Å². The molecule has 2 aromatic rings. The Morgan fingerprint density at radius 2 is 2.31 bits per heavy atom. The van der Waals surface area contributed by atoms with Gasteiger partial charge in [-0.15, -0.1) is 0 Å². The number of amides is 1. The van der Waals surface area contributed by atoms with E-state index in [-0.39, 0.29) is 6.15 Å². The largest absolute Gasteiger partial charge is 0.366 e. The molecule has 68 valence electrons. The number of hydrogen-bond acceptors (Lipinski definition) is 4. The molecular formula is C7H9N5O. The van der Waals surface area contributed by atoms with E-state index >= 15 is 0 Å². The van der Waals surface area contributed by atoms with E-state index < -0.39 is 5.91 Å². The maximum absolute atomic E-state index is 10.7. The van der Waals surface area contributed by atoms with E-state index in [9.17, 15) is 4.79 Å². The van der Waals surface area contributed by atoms with E-state index in [0.717, 1.165) is 0 Å². The van der Waals surface area contributed by atoms with E-state index in [1.807, 2.05) is 0 Å². The van der Waals surface area contributed by atoms with Crippen LogP contribution in [-0.4, -0.2) is 20.5 Å². The third kappa shape index (κ3) is 1.47. The van der Waals surface area contributed by atoms with E-state index in [0.29, 0.717) is 11.2 Å². The minimum absolute atomic E-state index is 0. The number of rotatable bonds is 1. The summed E-state index contributed by atoms with van der Waals surface area (Å²) in [6.07, 6.45) is 4.58. The highest BCUT2D eigenvalue weighted by atomic mass is 16.1. The normalized spacial score (nSPS) is 9.54. The summed E-state index contributed by atoms with van der Waals surface area (Å²) in [6, 6.07) is 1.74. The van der Waals surface area contributed by atoms with E-state index in [4.69, 9.17) is 5.73 Å². The van der Waals surface area contributed by atoms with Crippen LogP contribution in [0, 0.1) is 0 Å². The molecule has 0 atom stereocenters. The van der Waals surface area contributed by atoms with Gasteiger partial charge in [-0.3, -0.25) is 4.79 Å². The molecule has 0 saturated heterocycles. The zero-order chi connectivity index (χ0) is 8.55. The maximum atomic E-state index is 10.7. The molecule has 0 aliphatic carbocycles. The van der Waals surface area contributed by atoms with E-state index in [1.54, 1.807) is 18.5 Å². The molecule has 6 heteroatoms. The Morgan fingerprint density at radius 3 is 3.00 bits per heavy atom. The molecule has 1 amide bonds. The molecule has 0 aliphatic rings. The van der Waals surface area contributed by atoms with Crippen LogP contribution in [0.2, 0.25) is 0 Å². The second-order valence-electron chi connectivity index (χ2n) is 2.34. The minimum atomic E-state index is -0.500. The molecule has 0 aliphatic heterocycles. The summed E-state index contributed by atoms with van der Waals surface area (Å²) in [6.45, 7) is 0. The fourth-order valence-corrected chi connectivity index (χ4v) is 0.937. The third-order valence-electron chi connectivity index (χ3n) is 1.53. The van der Waals surface area contributed by atoms with Crippen molar-refractivity contribution in [3.05, 3.63) is 30.2 Å². The summed E-state index contributed by atoms with van der Waals surface area (Å²) in [5.74, 6) is -0.500. The van der Waals surface area contributed by atoms with Crippen molar-refractivity contribution < 1.29 is 4.79 Å². The van der Waals surface area contributed by atoms with Crippen molar-refractivity contribution in [1.82, 2.24) is 20.7 Å². The van der Waals surface area contributed by atoms with Gasteiger partial charge in [0.15, 0.2) is 5.65 Å². The Kier molecular flexibility index (Phi) is 2.25. The summed E-state index contributed by atoms with van der Waals surface area (Å²) in [4.78, 5) is 14.7. The van der Waals surface area contributed by atoms with Gasteiger partial charge < -0.3 is 11.9 Å². The SMILES string of the molecule is N.NC(=O)c1cnc2ccnn2c1. The summed E-state index contributed by atoms with van der Waals surface area (Å²) >= 11 is 0. The molecule has 5 N–H and O–H groups in total. The number of nitrogens with two attached hydrogens (primary N) is 1. The number of nitrogens with zero attached hydrogens (tertiary/aromatic N) is 3. The molecule has 2 aromatic heterocycles. The Labute approximate surface area is 74.0 Å². The highest BCUT2D eigenvalue weighted by Crippen LogP contribution is 1.99. The summed E-state index contributed by atoms with van der Waals surface area (Å²) in [5.41, 5.74) is 6.10. The van der Waals surface area contributed by atoms with Crippen molar-refractivity contribution in [3.63, 3.8) is 0 Å². The zero-order valence-corrected chi connectivity index (χ0v) is 6.84. The lowest BCUT2D eigenvalue weighted by Gasteiger charge is -1.94. The molecule has 0 unspecified atom stereocenters. The first-order valence-corrected chi connectivity index (χ1v) is 3.36. The van der Waals surface area contributed by atoms with Gasteiger partial charge in [-0.05, 0) is 0 Å². The topological polar surface area (TPSA) is 108 Å². The summed E-state index contributed by atoms with van der Waals surface area (Å²) in [5, 5.41) is 3.91. The van der Waals surface area contributed by atoms with Gasteiger partial charge in [0.2, 0.25) is 0 Å². The molecule has 13 heavy (non-hydrogen) atoms. The average Bonchev–Trinajstić information content (AvgIpc) is 2.49. The Balaban J connectivity index is 0.000000845. The molecule has 0 aromatic carbocycles. The van der Waals surface area contributed by atoms with E-state index in [2.05, 4.69) is 10.1 Å². The van der Waals surface area contributed by atoms with Crippen molar-refractivity contribution in [3.8, 4) is 0 Å². The summed E-state index contributed by atoms with van der Waals surface area (Å²) < 4.78 is 1.50. The first kappa shape index (κ1) is 9.14. The predicted molar refractivity (Wildman–Crippen MR) is 46.5 cm³/mol. The van der Waals surface area contributed by atoms with E-state index in [1.165, 1.54) is 10.7 Å². The lowest BCUT2D eigenvalue weighted by atomic mass is 10.3. The second-order valence-corrected chi connectivity index (χ2v) is 2.34. The fourth-order valence-electron chi connectivity index (χ4n) is 0.937. The molecule has 0 saturated carbocycles. The van der Waals surface area contributed by atoms with Crippen molar-refractivity contribution >= 4 is 11.6 Å². The quantitative estimate of drug-likeness (QED) is 0.641. The van der Waals surface area contributed by atoms with Crippen LogP contribution in [-0.2, 0) is 0 Å². The highest BCUT2D eigenvalue weighted by molar-refractivity contribution is 5.92. The second kappa shape index (κ2) is 3.20. The third-order valence-corrected chi connectivity index (χ3v) is 1.53. The van der Waals surface area contributed by atoms with Gasteiger partial charge in [0.1, 0.15) is 0 Å². The number of aromatic nitrogens is 3. The smallest absolute Gasteiger partial charge is 0.251 e. The average molecular weight is 179 g/mol. The predicted octanol–water partition coefficient (Wildman–Crippen LogP) is -0.00980. The lowest BCUT2D eigenvalue weighted by Crippen LogP contribution is -2.12. The number of carbonyl (C=O) groups is 1. The van der Waals surface area contributed by atoms with Gasteiger partial charge in [0, 0.05) is 18.5 Å². The molecule has 0 fully saturated rings. The molecule has 0 spiro atoms. The first-order chi connectivity index (χ1) is 5.77. The van der Waals surface area contributed by atoms with Crippen molar-refractivity contribution in [1.29, 1.82) is 0 Å². The molecular weight excluding hydrogens is 170 g/mol. The number of fused-ring (bicyclic) bond motifs is 1. The van der Waals surface area contributed by atoms with Crippen LogP contribution in [0.1, 0.15) is 10.4 Å².